The molecule has 1 fully saturated rings. The number of amides is 1. The van der Waals surface area contributed by atoms with Gasteiger partial charge in [-0.25, -0.2) is 0 Å². The van der Waals surface area contributed by atoms with Crippen molar-refractivity contribution < 1.29 is 4.79 Å². The summed E-state index contributed by atoms with van der Waals surface area (Å²) >= 11 is 0. The second-order valence-electron chi connectivity index (χ2n) is 8.84. The van der Waals surface area contributed by atoms with Crippen molar-refractivity contribution in [3.05, 3.63) is 30.4 Å². The number of likely N-dealkylation sites (tertiary alicyclic amines) is 1. The molecule has 3 heterocycles. The Bertz CT molecular complexity index is 765. The van der Waals surface area contributed by atoms with Crippen molar-refractivity contribution in [3.63, 3.8) is 0 Å². The molecule has 6 heteroatoms. The van der Waals surface area contributed by atoms with Crippen LogP contribution in [0.4, 0.5) is 0 Å². The summed E-state index contributed by atoms with van der Waals surface area (Å²) in [5.74, 6) is 0.821. The first-order chi connectivity index (χ1) is 12.8. The summed E-state index contributed by atoms with van der Waals surface area (Å²) in [6, 6.07) is 2.27. The number of carbonyl (C=O) groups is 1. The van der Waals surface area contributed by atoms with Crippen LogP contribution in [0.3, 0.4) is 0 Å². The molecule has 0 aromatic carbocycles. The molecule has 0 radical (unpaired) electrons. The van der Waals surface area contributed by atoms with Gasteiger partial charge in [-0.05, 0) is 45.1 Å². The SMILES string of the molecule is CC(C)n1nccc1-c1cnc(CC2CCN(C(=O)C(C)(C)C)CC2)cn1. The Labute approximate surface area is 162 Å². The first-order valence-electron chi connectivity index (χ1n) is 9.90. The van der Waals surface area contributed by atoms with Gasteiger partial charge in [0.15, 0.2) is 0 Å². The highest BCUT2D eigenvalue weighted by Crippen LogP contribution is 2.26. The smallest absolute Gasteiger partial charge is 0.227 e. The Balaban J connectivity index is 1.58. The molecule has 0 N–H and O–H groups in total. The molecule has 0 spiro atoms. The average molecular weight is 370 g/mol. The summed E-state index contributed by atoms with van der Waals surface area (Å²) in [6.45, 7) is 11.9. The fraction of sp³-hybridized carbons (Fsp3) is 0.619. The quantitative estimate of drug-likeness (QED) is 0.823. The molecule has 1 aliphatic rings. The van der Waals surface area contributed by atoms with Crippen LogP contribution in [0, 0.1) is 11.3 Å². The molecule has 0 aliphatic carbocycles. The number of carbonyl (C=O) groups excluding carboxylic acids is 1. The summed E-state index contributed by atoms with van der Waals surface area (Å²) < 4.78 is 1.96. The maximum absolute atomic E-state index is 12.4. The molecule has 0 saturated carbocycles. The van der Waals surface area contributed by atoms with Gasteiger partial charge in [-0.2, -0.15) is 5.10 Å². The minimum atomic E-state index is -0.295. The number of rotatable bonds is 4. The fourth-order valence-electron chi connectivity index (χ4n) is 3.63. The van der Waals surface area contributed by atoms with Crippen molar-refractivity contribution in [1.82, 2.24) is 24.6 Å². The number of hydrogen-bond donors (Lipinski definition) is 0. The van der Waals surface area contributed by atoms with E-state index in [9.17, 15) is 4.79 Å². The van der Waals surface area contributed by atoms with Crippen molar-refractivity contribution in [1.29, 1.82) is 0 Å². The van der Waals surface area contributed by atoms with E-state index in [1.54, 1.807) is 6.20 Å². The number of piperidine rings is 1. The second kappa shape index (κ2) is 7.79. The zero-order valence-corrected chi connectivity index (χ0v) is 17.1. The average Bonchev–Trinajstić information content (AvgIpc) is 3.12. The van der Waals surface area contributed by atoms with Crippen molar-refractivity contribution in [2.45, 2.75) is 59.9 Å². The molecule has 1 amide bonds. The summed E-state index contributed by atoms with van der Waals surface area (Å²) in [6.07, 6.45) is 8.53. The Morgan fingerprint density at radius 1 is 1.19 bits per heavy atom. The van der Waals surface area contributed by atoms with Crippen LogP contribution in [0.2, 0.25) is 0 Å². The van der Waals surface area contributed by atoms with Gasteiger partial charge in [0.2, 0.25) is 5.91 Å². The van der Waals surface area contributed by atoms with E-state index in [0.717, 1.165) is 49.4 Å². The van der Waals surface area contributed by atoms with Gasteiger partial charge in [0, 0.05) is 36.9 Å². The lowest BCUT2D eigenvalue weighted by Crippen LogP contribution is -2.44. The molecule has 6 nitrogen and oxygen atoms in total. The lowest BCUT2D eigenvalue weighted by molar-refractivity contribution is -0.140. The van der Waals surface area contributed by atoms with E-state index in [2.05, 4.69) is 28.9 Å². The summed E-state index contributed by atoms with van der Waals surface area (Å²) in [5.41, 5.74) is 2.58. The van der Waals surface area contributed by atoms with Crippen LogP contribution in [-0.4, -0.2) is 43.6 Å². The standard InChI is InChI=1S/C21H31N5O/c1-15(2)26-19(6-9-24-26)18-14-22-17(13-23-18)12-16-7-10-25(11-8-16)20(27)21(3,4)5/h6,9,13-16H,7-8,10-12H2,1-5H3. The Hall–Kier alpha value is -2.24. The predicted molar refractivity (Wildman–Crippen MR) is 106 cm³/mol. The summed E-state index contributed by atoms with van der Waals surface area (Å²) in [7, 11) is 0. The van der Waals surface area contributed by atoms with Crippen LogP contribution in [0.5, 0.6) is 0 Å². The van der Waals surface area contributed by atoms with Gasteiger partial charge in [0.1, 0.15) is 5.69 Å². The fourth-order valence-corrected chi connectivity index (χ4v) is 3.63. The third-order valence-electron chi connectivity index (χ3n) is 5.17. The van der Waals surface area contributed by atoms with Gasteiger partial charge in [0.05, 0.1) is 17.6 Å². The number of hydrogen-bond acceptors (Lipinski definition) is 4. The van der Waals surface area contributed by atoms with E-state index >= 15 is 0 Å². The highest BCUT2D eigenvalue weighted by atomic mass is 16.2. The normalized spacial score (nSPS) is 16.1. The van der Waals surface area contributed by atoms with Crippen LogP contribution in [0.1, 0.15) is 59.2 Å². The molecule has 1 saturated heterocycles. The molecule has 3 rings (SSSR count). The Morgan fingerprint density at radius 3 is 2.44 bits per heavy atom. The zero-order valence-electron chi connectivity index (χ0n) is 17.1. The minimum absolute atomic E-state index is 0.256. The van der Waals surface area contributed by atoms with E-state index in [-0.39, 0.29) is 17.4 Å². The van der Waals surface area contributed by atoms with Crippen LogP contribution >= 0.6 is 0 Å². The Morgan fingerprint density at radius 2 is 1.89 bits per heavy atom. The summed E-state index contributed by atoms with van der Waals surface area (Å²) in [5, 5.41) is 4.36. The van der Waals surface area contributed by atoms with E-state index in [0.29, 0.717) is 5.92 Å². The van der Waals surface area contributed by atoms with Gasteiger partial charge < -0.3 is 4.90 Å². The van der Waals surface area contributed by atoms with Gasteiger partial charge >= 0.3 is 0 Å². The first-order valence-corrected chi connectivity index (χ1v) is 9.90. The maximum Gasteiger partial charge on any atom is 0.227 e. The monoisotopic (exact) mass is 369 g/mol. The van der Waals surface area contributed by atoms with Gasteiger partial charge in [-0.3, -0.25) is 19.4 Å². The topological polar surface area (TPSA) is 63.9 Å². The molecule has 0 atom stereocenters. The lowest BCUT2D eigenvalue weighted by atomic mass is 9.89. The number of nitrogens with zero attached hydrogens (tertiary/aromatic N) is 5. The first kappa shape index (κ1) is 19.5. The zero-order chi connectivity index (χ0) is 19.6. The summed E-state index contributed by atoms with van der Waals surface area (Å²) in [4.78, 5) is 23.7. The third-order valence-corrected chi connectivity index (χ3v) is 5.17. The van der Waals surface area contributed by atoms with Crippen LogP contribution in [0.25, 0.3) is 11.4 Å². The predicted octanol–water partition coefficient (Wildman–Crippen LogP) is 3.75. The molecule has 2 aromatic rings. The van der Waals surface area contributed by atoms with E-state index in [4.69, 9.17) is 0 Å². The molecule has 146 valence electrons. The highest BCUT2D eigenvalue weighted by molar-refractivity contribution is 5.81. The molecular formula is C21H31N5O. The molecule has 2 aromatic heterocycles. The lowest BCUT2D eigenvalue weighted by Gasteiger charge is -2.35. The van der Waals surface area contributed by atoms with Crippen molar-refractivity contribution in [2.24, 2.45) is 11.3 Å². The number of aromatic nitrogens is 4. The van der Waals surface area contributed by atoms with Crippen molar-refractivity contribution >= 4 is 5.91 Å². The molecule has 0 unspecified atom stereocenters. The molecule has 27 heavy (non-hydrogen) atoms. The van der Waals surface area contributed by atoms with E-state index in [1.807, 2.05) is 48.8 Å². The van der Waals surface area contributed by atoms with Gasteiger partial charge in [-0.1, -0.05) is 20.8 Å². The third kappa shape index (κ3) is 4.54. The molecule has 1 aliphatic heterocycles. The van der Waals surface area contributed by atoms with Gasteiger partial charge in [0.25, 0.3) is 0 Å². The van der Waals surface area contributed by atoms with Crippen LogP contribution in [-0.2, 0) is 11.2 Å². The largest absolute Gasteiger partial charge is 0.342 e. The van der Waals surface area contributed by atoms with Crippen molar-refractivity contribution in [2.75, 3.05) is 13.1 Å². The van der Waals surface area contributed by atoms with Crippen LogP contribution in [0.15, 0.2) is 24.7 Å². The minimum Gasteiger partial charge on any atom is -0.342 e. The maximum atomic E-state index is 12.4. The molecule has 0 bridgehead atoms. The highest BCUT2D eigenvalue weighted by Gasteiger charge is 2.30. The second-order valence-corrected chi connectivity index (χ2v) is 8.84. The van der Waals surface area contributed by atoms with Gasteiger partial charge in [-0.15, -0.1) is 0 Å². The molecular weight excluding hydrogens is 338 g/mol. The van der Waals surface area contributed by atoms with E-state index in [1.165, 1.54) is 0 Å². The Kier molecular flexibility index (Phi) is 5.63. The van der Waals surface area contributed by atoms with Crippen LogP contribution < -0.4 is 0 Å². The van der Waals surface area contributed by atoms with E-state index < -0.39 is 0 Å². The van der Waals surface area contributed by atoms with Crippen molar-refractivity contribution in [3.8, 4) is 11.4 Å².